The molecule has 164 valence electrons. The number of benzene rings is 1. The molecule has 3 aliphatic carbocycles. The van der Waals surface area contributed by atoms with Crippen LogP contribution in [0.15, 0.2) is 24.0 Å². The van der Waals surface area contributed by atoms with Crippen molar-refractivity contribution in [3.8, 4) is 5.75 Å². The van der Waals surface area contributed by atoms with E-state index >= 15 is 0 Å². The molecule has 4 nitrogen and oxygen atoms in total. The van der Waals surface area contributed by atoms with Gasteiger partial charge in [0.15, 0.2) is 6.29 Å². The van der Waals surface area contributed by atoms with Crippen LogP contribution in [0, 0.1) is 23.7 Å². The lowest BCUT2D eigenvalue weighted by Crippen LogP contribution is -2.27. The maximum atomic E-state index is 12.5. The molecule has 0 heterocycles. The van der Waals surface area contributed by atoms with E-state index in [4.69, 9.17) is 9.47 Å². The van der Waals surface area contributed by atoms with Gasteiger partial charge in [-0.15, -0.1) is 0 Å². The van der Waals surface area contributed by atoms with E-state index in [0.717, 1.165) is 74.5 Å². The summed E-state index contributed by atoms with van der Waals surface area (Å²) >= 11 is 0. The second-order valence-corrected chi connectivity index (χ2v) is 9.88. The minimum absolute atomic E-state index is 0.0430. The first-order chi connectivity index (χ1) is 14.5. The Balaban J connectivity index is 1.34. The summed E-state index contributed by atoms with van der Waals surface area (Å²) in [6, 6.07) is 5.86. The highest BCUT2D eigenvalue weighted by molar-refractivity contribution is 5.75. The van der Waals surface area contributed by atoms with Gasteiger partial charge in [0.05, 0.1) is 5.92 Å². The summed E-state index contributed by atoms with van der Waals surface area (Å²) in [6.07, 6.45) is 11.5. The van der Waals surface area contributed by atoms with E-state index in [-0.39, 0.29) is 17.8 Å². The van der Waals surface area contributed by atoms with Crippen molar-refractivity contribution in [3.05, 3.63) is 35.1 Å². The second-order valence-electron chi connectivity index (χ2n) is 9.88. The topological polar surface area (TPSA) is 55.8 Å². The van der Waals surface area contributed by atoms with Gasteiger partial charge in [0.1, 0.15) is 11.5 Å². The van der Waals surface area contributed by atoms with Gasteiger partial charge >= 0.3 is 5.97 Å². The zero-order chi connectivity index (χ0) is 21.1. The summed E-state index contributed by atoms with van der Waals surface area (Å²) < 4.78 is 11.6. The Hall–Kier alpha value is -1.81. The van der Waals surface area contributed by atoms with E-state index in [1.807, 2.05) is 24.3 Å². The number of esters is 1. The predicted molar refractivity (Wildman–Crippen MR) is 118 cm³/mol. The van der Waals surface area contributed by atoms with E-state index in [0.29, 0.717) is 5.75 Å². The molecule has 4 heteroatoms. The maximum absolute atomic E-state index is 12.5. The van der Waals surface area contributed by atoms with Gasteiger partial charge in [-0.25, -0.2) is 0 Å². The standard InChI is InChI=1S/C26H36O4/c1-17-3-7-19(8-4-17)25(27)29-23-13-11-22-16-24(14-12-21(22)15-23)30-26(28)20-9-5-18(2)6-10-20/h11,13,15-20,26,28H,3-10,12,14H2,1-2H3. The molecule has 30 heavy (non-hydrogen) atoms. The molecule has 0 aromatic heterocycles. The van der Waals surface area contributed by atoms with E-state index in [1.165, 1.54) is 18.4 Å². The molecular weight excluding hydrogens is 376 g/mol. The van der Waals surface area contributed by atoms with Crippen LogP contribution in [0.4, 0.5) is 0 Å². The van der Waals surface area contributed by atoms with Crippen molar-refractivity contribution in [2.75, 3.05) is 0 Å². The van der Waals surface area contributed by atoms with Gasteiger partial charge in [-0.05, 0) is 86.1 Å². The molecular formula is C26H36O4. The average Bonchev–Trinajstić information content (AvgIpc) is 2.74. The minimum Gasteiger partial charge on any atom is -0.469 e. The molecule has 0 amide bonds. The van der Waals surface area contributed by atoms with Crippen molar-refractivity contribution in [1.82, 2.24) is 0 Å². The molecule has 0 aliphatic heterocycles. The quantitative estimate of drug-likeness (QED) is 0.373. The average molecular weight is 413 g/mol. The molecule has 1 unspecified atom stereocenters. The number of aliphatic hydroxyl groups excluding tert-OH is 1. The SMILES string of the molecule is CC1CCC(C(=O)Oc2ccc3c(c2)CCC(OC(O)C2CCC(C)CC2)=C3)CC1. The molecule has 0 saturated heterocycles. The van der Waals surface area contributed by atoms with Crippen LogP contribution < -0.4 is 4.74 Å². The third-order valence-electron chi connectivity index (χ3n) is 7.38. The number of hydrogen-bond donors (Lipinski definition) is 1. The lowest BCUT2D eigenvalue weighted by atomic mass is 9.82. The number of aliphatic hydroxyl groups is 1. The number of aryl methyl sites for hydroxylation is 1. The predicted octanol–water partition coefficient (Wildman–Crippen LogP) is 5.87. The van der Waals surface area contributed by atoms with Crippen LogP contribution in [-0.2, 0) is 16.0 Å². The smallest absolute Gasteiger partial charge is 0.314 e. The minimum atomic E-state index is -0.705. The molecule has 2 saturated carbocycles. The first-order valence-electron chi connectivity index (χ1n) is 11.9. The zero-order valence-electron chi connectivity index (χ0n) is 18.4. The Bertz CT molecular complexity index is 767. The molecule has 1 aromatic rings. The van der Waals surface area contributed by atoms with Gasteiger partial charge in [-0.1, -0.05) is 32.8 Å². The Morgan fingerprint density at radius 1 is 0.967 bits per heavy atom. The third kappa shape index (κ3) is 5.26. The second kappa shape index (κ2) is 9.55. The molecule has 0 radical (unpaired) electrons. The molecule has 2 fully saturated rings. The highest BCUT2D eigenvalue weighted by atomic mass is 16.6. The molecule has 1 atom stereocenters. The summed E-state index contributed by atoms with van der Waals surface area (Å²) in [4.78, 5) is 12.5. The number of ether oxygens (including phenoxy) is 2. The maximum Gasteiger partial charge on any atom is 0.314 e. The van der Waals surface area contributed by atoms with Crippen LogP contribution in [-0.4, -0.2) is 17.4 Å². The summed E-state index contributed by atoms with van der Waals surface area (Å²) in [7, 11) is 0. The molecule has 4 rings (SSSR count). The van der Waals surface area contributed by atoms with E-state index in [1.54, 1.807) is 0 Å². The van der Waals surface area contributed by atoms with Crippen molar-refractivity contribution in [1.29, 1.82) is 0 Å². The molecule has 1 aromatic carbocycles. The molecule has 0 bridgehead atoms. The van der Waals surface area contributed by atoms with Crippen LogP contribution in [0.1, 0.15) is 82.8 Å². The number of hydrogen-bond acceptors (Lipinski definition) is 4. The van der Waals surface area contributed by atoms with Crippen molar-refractivity contribution >= 4 is 12.0 Å². The fourth-order valence-electron chi connectivity index (χ4n) is 5.12. The van der Waals surface area contributed by atoms with E-state index in [2.05, 4.69) is 13.8 Å². The van der Waals surface area contributed by atoms with Gasteiger partial charge in [-0.2, -0.15) is 0 Å². The normalized spacial score (nSPS) is 30.0. The Morgan fingerprint density at radius 2 is 1.63 bits per heavy atom. The summed E-state index contributed by atoms with van der Waals surface area (Å²) in [5.41, 5.74) is 2.26. The number of allylic oxidation sites excluding steroid dienone is 1. The van der Waals surface area contributed by atoms with Crippen LogP contribution >= 0.6 is 0 Å². The third-order valence-corrected chi connectivity index (χ3v) is 7.38. The van der Waals surface area contributed by atoms with Gasteiger partial charge in [-0.3, -0.25) is 4.79 Å². The van der Waals surface area contributed by atoms with Gasteiger partial charge in [0.25, 0.3) is 0 Å². The fourth-order valence-corrected chi connectivity index (χ4v) is 5.12. The monoisotopic (exact) mass is 412 g/mol. The van der Waals surface area contributed by atoms with Crippen LogP contribution in [0.3, 0.4) is 0 Å². The molecule has 3 aliphatic rings. The highest BCUT2D eigenvalue weighted by Crippen LogP contribution is 2.34. The number of rotatable bonds is 5. The van der Waals surface area contributed by atoms with Crippen molar-refractivity contribution in [2.45, 2.75) is 84.3 Å². The van der Waals surface area contributed by atoms with Crippen molar-refractivity contribution < 1.29 is 19.4 Å². The largest absolute Gasteiger partial charge is 0.469 e. The van der Waals surface area contributed by atoms with E-state index < -0.39 is 6.29 Å². The molecule has 1 N–H and O–H groups in total. The van der Waals surface area contributed by atoms with Crippen molar-refractivity contribution in [2.24, 2.45) is 23.7 Å². The first-order valence-corrected chi connectivity index (χ1v) is 11.9. The van der Waals surface area contributed by atoms with Gasteiger partial charge in [0, 0.05) is 12.3 Å². The Labute approximate surface area is 180 Å². The number of fused-ring (bicyclic) bond motifs is 1. The van der Waals surface area contributed by atoms with E-state index in [9.17, 15) is 9.90 Å². The van der Waals surface area contributed by atoms with Crippen LogP contribution in [0.2, 0.25) is 0 Å². The van der Waals surface area contributed by atoms with Crippen LogP contribution in [0.25, 0.3) is 6.08 Å². The number of carbonyl (C=O) groups is 1. The fraction of sp³-hybridized carbons (Fsp3) is 0.654. The molecule has 0 spiro atoms. The summed E-state index contributed by atoms with van der Waals surface area (Å²) in [6.45, 7) is 4.54. The zero-order valence-corrected chi connectivity index (χ0v) is 18.4. The Morgan fingerprint density at radius 3 is 2.33 bits per heavy atom. The lowest BCUT2D eigenvalue weighted by molar-refractivity contribution is -0.140. The highest BCUT2D eigenvalue weighted by Gasteiger charge is 2.28. The van der Waals surface area contributed by atoms with Crippen LogP contribution in [0.5, 0.6) is 5.75 Å². The Kier molecular flexibility index (Phi) is 6.82. The summed E-state index contributed by atoms with van der Waals surface area (Å²) in [5.74, 6) is 3.19. The summed E-state index contributed by atoms with van der Waals surface area (Å²) in [5, 5.41) is 10.5. The van der Waals surface area contributed by atoms with Gasteiger partial charge < -0.3 is 14.6 Å². The number of carbonyl (C=O) groups excluding carboxylic acids is 1. The lowest BCUT2D eigenvalue weighted by Gasteiger charge is -2.31. The first kappa shape index (κ1) is 21.4. The van der Waals surface area contributed by atoms with Gasteiger partial charge in [0.2, 0.25) is 0 Å². The van der Waals surface area contributed by atoms with Crippen molar-refractivity contribution in [3.63, 3.8) is 0 Å².